The quantitative estimate of drug-likeness (QED) is 0.197. The molecular weight excluding hydrogens is 524 g/mol. The highest BCUT2D eigenvalue weighted by atomic mass is 16.3. The van der Waals surface area contributed by atoms with E-state index in [-0.39, 0.29) is 0 Å². The molecule has 0 bridgehead atoms. The van der Waals surface area contributed by atoms with Crippen LogP contribution in [0.3, 0.4) is 0 Å². The molecule has 43 heavy (non-hydrogen) atoms. The molecule has 0 aliphatic carbocycles. The molecule has 3 nitrogen and oxygen atoms in total. The predicted octanol–water partition coefficient (Wildman–Crippen LogP) is 10.9. The summed E-state index contributed by atoms with van der Waals surface area (Å²) in [6.45, 7) is 0. The van der Waals surface area contributed by atoms with Crippen molar-refractivity contribution in [2.24, 2.45) is 0 Å². The predicted molar refractivity (Wildman–Crippen MR) is 179 cm³/mol. The lowest BCUT2D eigenvalue weighted by molar-refractivity contribution is 0.670. The van der Waals surface area contributed by atoms with E-state index >= 15 is 0 Å². The summed E-state index contributed by atoms with van der Waals surface area (Å²) >= 11 is 0. The number of furan rings is 1. The number of benzene rings is 6. The van der Waals surface area contributed by atoms with Crippen molar-refractivity contribution >= 4 is 71.1 Å². The third-order valence-electron chi connectivity index (χ3n) is 9.10. The molecule has 3 heteroatoms. The van der Waals surface area contributed by atoms with Crippen LogP contribution in [-0.4, -0.2) is 8.97 Å². The second kappa shape index (κ2) is 8.37. The molecule has 0 saturated carbocycles. The van der Waals surface area contributed by atoms with Crippen LogP contribution in [0, 0.1) is 0 Å². The van der Waals surface area contributed by atoms with Crippen LogP contribution in [0.2, 0.25) is 0 Å². The topological polar surface area (TPSA) is 22.5 Å². The maximum Gasteiger partial charge on any atom is 0.143 e. The van der Waals surface area contributed by atoms with E-state index in [0.29, 0.717) is 0 Å². The first-order valence-corrected chi connectivity index (χ1v) is 14.7. The van der Waals surface area contributed by atoms with Gasteiger partial charge in [-0.3, -0.25) is 0 Å². The summed E-state index contributed by atoms with van der Waals surface area (Å²) in [5.74, 6) is 0. The van der Waals surface area contributed by atoms with E-state index in [1.165, 1.54) is 49.1 Å². The fourth-order valence-corrected chi connectivity index (χ4v) is 7.25. The van der Waals surface area contributed by atoms with Crippen molar-refractivity contribution in [3.63, 3.8) is 0 Å². The van der Waals surface area contributed by atoms with Gasteiger partial charge in [-0.25, -0.2) is 0 Å². The van der Waals surface area contributed by atoms with Crippen LogP contribution in [0.4, 0.5) is 0 Å². The number of para-hydroxylation sites is 4. The Labute approximate surface area is 246 Å². The van der Waals surface area contributed by atoms with Crippen LogP contribution in [0.5, 0.6) is 0 Å². The molecule has 0 unspecified atom stereocenters. The Bertz CT molecular complexity index is 2720. The van der Waals surface area contributed by atoms with Crippen LogP contribution >= 0.6 is 0 Å². The zero-order valence-electron chi connectivity index (χ0n) is 23.2. The lowest BCUT2D eigenvalue weighted by atomic mass is 10.0. The molecule has 0 saturated heterocycles. The minimum Gasteiger partial charge on any atom is -0.455 e. The molecule has 200 valence electrons. The highest BCUT2D eigenvalue weighted by Gasteiger charge is 2.20. The normalized spacial score (nSPS) is 12.2. The molecule has 0 amide bonds. The van der Waals surface area contributed by atoms with Gasteiger partial charge in [-0.15, -0.1) is 0 Å². The minimum atomic E-state index is 0.920. The van der Waals surface area contributed by atoms with E-state index in [0.717, 1.165) is 38.8 Å². The number of rotatable bonds is 2. The highest BCUT2D eigenvalue weighted by molar-refractivity contribution is 6.19. The van der Waals surface area contributed by atoms with Crippen molar-refractivity contribution < 1.29 is 4.42 Å². The van der Waals surface area contributed by atoms with Gasteiger partial charge in [0.05, 0.1) is 27.6 Å². The molecule has 0 atom stereocenters. The molecule has 6 aromatic carbocycles. The van der Waals surface area contributed by atoms with Gasteiger partial charge in [0.2, 0.25) is 0 Å². The third-order valence-corrected chi connectivity index (χ3v) is 9.10. The fraction of sp³-hybridized carbons (Fsp3) is 0. The smallest absolute Gasteiger partial charge is 0.143 e. The van der Waals surface area contributed by atoms with Crippen molar-refractivity contribution in [2.45, 2.75) is 0 Å². The van der Waals surface area contributed by atoms with Crippen LogP contribution < -0.4 is 0 Å². The monoisotopic (exact) mass is 548 g/mol. The largest absolute Gasteiger partial charge is 0.455 e. The van der Waals surface area contributed by atoms with Crippen LogP contribution in [-0.2, 0) is 0 Å². The van der Waals surface area contributed by atoms with Gasteiger partial charge in [-0.1, -0.05) is 109 Å². The van der Waals surface area contributed by atoms with E-state index in [9.17, 15) is 0 Å². The summed E-state index contributed by atoms with van der Waals surface area (Å²) in [7, 11) is 0. The van der Waals surface area contributed by atoms with Crippen molar-refractivity contribution in [2.75, 3.05) is 0 Å². The number of fused-ring (bicyclic) bond motifs is 13. The van der Waals surface area contributed by atoms with E-state index < -0.39 is 0 Å². The molecule has 0 fully saturated rings. The molecular formula is C40H24N2O. The first-order valence-electron chi connectivity index (χ1n) is 14.7. The summed E-state index contributed by atoms with van der Waals surface area (Å²) in [4.78, 5) is 0. The van der Waals surface area contributed by atoms with Gasteiger partial charge in [0.15, 0.2) is 0 Å². The number of nitrogens with zero attached hydrogens (tertiary/aromatic N) is 2. The average molecular weight is 549 g/mol. The second-order valence-corrected chi connectivity index (χ2v) is 11.3. The average Bonchev–Trinajstić information content (AvgIpc) is 3.74. The van der Waals surface area contributed by atoms with Crippen LogP contribution in [0.1, 0.15) is 0 Å². The van der Waals surface area contributed by atoms with Crippen molar-refractivity contribution in [3.8, 4) is 16.8 Å². The maximum absolute atomic E-state index is 6.35. The zero-order valence-corrected chi connectivity index (χ0v) is 23.2. The Hall–Kier alpha value is -5.80. The van der Waals surface area contributed by atoms with E-state index in [4.69, 9.17) is 4.42 Å². The summed E-state index contributed by atoms with van der Waals surface area (Å²) in [5, 5.41) is 7.36. The van der Waals surface area contributed by atoms with E-state index in [1.54, 1.807) is 0 Å². The number of hydrogen-bond donors (Lipinski definition) is 0. The first kappa shape index (κ1) is 22.8. The number of hydrogen-bond acceptors (Lipinski definition) is 1. The molecule has 10 aromatic rings. The van der Waals surface area contributed by atoms with Gasteiger partial charge in [0.1, 0.15) is 11.2 Å². The molecule has 0 spiro atoms. The highest BCUT2D eigenvalue weighted by Crippen LogP contribution is 2.40. The van der Waals surface area contributed by atoms with Crippen LogP contribution in [0.15, 0.2) is 150 Å². The summed E-state index contributed by atoms with van der Waals surface area (Å²) in [5.41, 5.74) is 11.3. The summed E-state index contributed by atoms with van der Waals surface area (Å²) < 4.78 is 11.2. The molecule has 0 aliphatic heterocycles. The second-order valence-electron chi connectivity index (χ2n) is 11.3. The fourth-order valence-electron chi connectivity index (χ4n) is 7.25. The van der Waals surface area contributed by atoms with Gasteiger partial charge in [0, 0.05) is 38.2 Å². The molecule has 10 rings (SSSR count). The Kier molecular flexibility index (Phi) is 4.45. The van der Waals surface area contributed by atoms with Crippen molar-refractivity contribution in [3.05, 3.63) is 146 Å². The number of aromatic nitrogens is 2. The Morgan fingerprint density at radius 2 is 1.05 bits per heavy atom. The Morgan fingerprint density at radius 3 is 1.86 bits per heavy atom. The first-order chi connectivity index (χ1) is 21.3. The standard InChI is InChI=1S/C40H24N2O/c1-2-12-30-28(10-1)29-11-3-6-17-34(29)42-36(30)24-37-39(42)33-14-4-7-18-35(33)41(37)26-22-20-25(21-23-26)27-15-9-16-32-31-13-5-8-19-38(31)43-40(27)32/h1-24H. The summed E-state index contributed by atoms with van der Waals surface area (Å²) in [6, 6.07) is 52.3. The van der Waals surface area contributed by atoms with Crippen molar-refractivity contribution in [1.82, 2.24) is 8.97 Å². The van der Waals surface area contributed by atoms with Gasteiger partial charge >= 0.3 is 0 Å². The molecule has 4 aromatic heterocycles. The van der Waals surface area contributed by atoms with E-state index in [2.05, 4.69) is 142 Å². The zero-order chi connectivity index (χ0) is 28.1. The maximum atomic E-state index is 6.35. The van der Waals surface area contributed by atoms with Crippen LogP contribution in [0.25, 0.3) is 87.9 Å². The summed E-state index contributed by atoms with van der Waals surface area (Å²) in [6.07, 6.45) is 0. The molecule has 0 aliphatic rings. The van der Waals surface area contributed by atoms with Gasteiger partial charge in [-0.2, -0.15) is 0 Å². The third kappa shape index (κ3) is 3.03. The number of pyridine rings is 1. The minimum absolute atomic E-state index is 0.920. The lowest BCUT2D eigenvalue weighted by Crippen LogP contribution is -1.93. The van der Waals surface area contributed by atoms with E-state index in [1.807, 2.05) is 12.1 Å². The Balaban J connectivity index is 1.24. The Morgan fingerprint density at radius 1 is 0.419 bits per heavy atom. The van der Waals surface area contributed by atoms with Crippen molar-refractivity contribution in [1.29, 1.82) is 0 Å². The van der Waals surface area contributed by atoms with Gasteiger partial charge in [0.25, 0.3) is 0 Å². The molecule has 0 radical (unpaired) electrons. The molecule has 0 N–H and O–H groups in total. The molecule has 4 heterocycles. The van der Waals surface area contributed by atoms with Gasteiger partial charge in [-0.05, 0) is 47.3 Å². The van der Waals surface area contributed by atoms with Gasteiger partial charge < -0.3 is 13.4 Å². The SMILES string of the molecule is c1ccc2c(c1)oc1c(-c3ccc(-n4c5ccccc5c5c4cc4c6ccccc6c6ccccc6n45)cc3)cccc12. The lowest BCUT2D eigenvalue weighted by Gasteiger charge is -2.10.